The molecule has 180 valence electrons. The fourth-order valence-electron chi connectivity index (χ4n) is 4.17. The molecule has 10 nitrogen and oxygen atoms in total. The lowest BCUT2D eigenvalue weighted by atomic mass is 10.2. The molecule has 1 saturated heterocycles. The van der Waals surface area contributed by atoms with Gasteiger partial charge in [0.1, 0.15) is 29.3 Å². The average molecular weight is 473 g/mol. The number of aryl methyl sites for hydroxylation is 1. The number of nitrogens with zero attached hydrogens (tertiary/aromatic N) is 5. The Morgan fingerprint density at radius 2 is 1.91 bits per heavy atom. The number of ether oxygens (including phenoxy) is 1. The van der Waals surface area contributed by atoms with Crippen LogP contribution in [0.1, 0.15) is 23.2 Å². The largest absolute Gasteiger partial charge is 0.492 e. The lowest BCUT2D eigenvalue weighted by Crippen LogP contribution is -2.25. The molecule has 1 aliphatic heterocycles. The van der Waals surface area contributed by atoms with E-state index < -0.39 is 5.91 Å². The maximum atomic E-state index is 12.0. The van der Waals surface area contributed by atoms with Crippen LogP contribution >= 0.6 is 0 Å². The quantitative estimate of drug-likeness (QED) is 0.339. The summed E-state index contributed by atoms with van der Waals surface area (Å²) in [5, 5.41) is 11.8. The minimum atomic E-state index is -0.623. The SMILES string of the molecule is Cn1cc2cccc(Nc3nc(Nc4ccc(OCCN5CCCC5)cc4)ncc3C(N)=O)c2n1. The Kier molecular flexibility index (Phi) is 6.44. The van der Waals surface area contributed by atoms with Crippen LogP contribution in [0.15, 0.2) is 54.9 Å². The van der Waals surface area contributed by atoms with E-state index >= 15 is 0 Å². The molecule has 1 aliphatic rings. The Hall–Kier alpha value is -4.18. The summed E-state index contributed by atoms with van der Waals surface area (Å²) >= 11 is 0. The minimum absolute atomic E-state index is 0.185. The number of hydrogen-bond acceptors (Lipinski definition) is 8. The van der Waals surface area contributed by atoms with E-state index in [2.05, 4.69) is 30.6 Å². The van der Waals surface area contributed by atoms with Crippen LogP contribution in [0.25, 0.3) is 10.9 Å². The molecule has 5 rings (SSSR count). The predicted molar refractivity (Wildman–Crippen MR) is 135 cm³/mol. The summed E-state index contributed by atoms with van der Waals surface area (Å²) in [6.45, 7) is 3.94. The van der Waals surface area contributed by atoms with Crippen LogP contribution in [0.4, 0.5) is 23.1 Å². The monoisotopic (exact) mass is 472 g/mol. The van der Waals surface area contributed by atoms with Gasteiger partial charge in [-0.25, -0.2) is 4.98 Å². The number of anilines is 4. The Morgan fingerprint density at radius 1 is 1.11 bits per heavy atom. The highest BCUT2D eigenvalue weighted by molar-refractivity contribution is 6.00. The number of carbonyl (C=O) groups is 1. The van der Waals surface area contributed by atoms with E-state index in [-0.39, 0.29) is 5.56 Å². The number of likely N-dealkylation sites (tertiary alicyclic amines) is 1. The van der Waals surface area contributed by atoms with Crippen molar-refractivity contribution in [1.82, 2.24) is 24.6 Å². The fraction of sp³-hybridized carbons (Fsp3) is 0.280. The summed E-state index contributed by atoms with van der Waals surface area (Å²) in [6.07, 6.45) is 5.88. The Labute approximate surface area is 203 Å². The van der Waals surface area contributed by atoms with Gasteiger partial charge in [0.15, 0.2) is 0 Å². The third-order valence-corrected chi connectivity index (χ3v) is 5.94. The number of rotatable bonds is 9. The molecule has 0 atom stereocenters. The fourth-order valence-corrected chi connectivity index (χ4v) is 4.17. The van der Waals surface area contributed by atoms with Crippen molar-refractivity contribution in [3.8, 4) is 5.75 Å². The number of aromatic nitrogens is 4. The molecule has 0 spiro atoms. The van der Waals surface area contributed by atoms with Crippen LogP contribution in [-0.4, -0.2) is 56.8 Å². The molecule has 0 saturated carbocycles. The van der Waals surface area contributed by atoms with Crippen molar-refractivity contribution < 1.29 is 9.53 Å². The zero-order chi connectivity index (χ0) is 24.2. The highest BCUT2D eigenvalue weighted by atomic mass is 16.5. The first-order valence-electron chi connectivity index (χ1n) is 11.6. The normalized spacial score (nSPS) is 13.7. The van der Waals surface area contributed by atoms with Crippen molar-refractivity contribution in [3.05, 3.63) is 60.4 Å². The van der Waals surface area contributed by atoms with Gasteiger partial charge in [-0.3, -0.25) is 14.4 Å². The first-order valence-corrected chi connectivity index (χ1v) is 11.6. The van der Waals surface area contributed by atoms with Crippen molar-refractivity contribution in [2.24, 2.45) is 12.8 Å². The van der Waals surface area contributed by atoms with Crippen LogP contribution in [-0.2, 0) is 7.05 Å². The molecule has 35 heavy (non-hydrogen) atoms. The number of nitrogens with one attached hydrogen (secondary N) is 2. The summed E-state index contributed by atoms with van der Waals surface area (Å²) in [5.74, 6) is 0.816. The van der Waals surface area contributed by atoms with Crippen LogP contribution in [0, 0.1) is 0 Å². The van der Waals surface area contributed by atoms with Gasteiger partial charge in [0, 0.05) is 37.1 Å². The summed E-state index contributed by atoms with van der Waals surface area (Å²) in [4.78, 5) is 23.2. The van der Waals surface area contributed by atoms with Gasteiger partial charge in [-0.05, 0) is 56.3 Å². The van der Waals surface area contributed by atoms with Gasteiger partial charge in [0.05, 0.1) is 5.69 Å². The van der Waals surface area contributed by atoms with Crippen LogP contribution in [0.3, 0.4) is 0 Å². The molecular weight excluding hydrogens is 444 g/mol. The second-order valence-corrected chi connectivity index (χ2v) is 8.54. The number of benzene rings is 2. The highest BCUT2D eigenvalue weighted by Gasteiger charge is 2.15. The molecule has 0 unspecified atom stereocenters. The van der Waals surface area contributed by atoms with Crippen LogP contribution < -0.4 is 21.1 Å². The predicted octanol–water partition coefficient (Wildman–Crippen LogP) is 3.42. The number of hydrogen-bond donors (Lipinski definition) is 3. The molecule has 4 N–H and O–H groups in total. The van der Waals surface area contributed by atoms with Crippen molar-refractivity contribution in [1.29, 1.82) is 0 Å². The molecule has 0 radical (unpaired) electrons. The number of carbonyl (C=O) groups excluding carboxylic acids is 1. The van der Waals surface area contributed by atoms with Gasteiger partial charge in [-0.2, -0.15) is 10.1 Å². The van der Waals surface area contributed by atoms with Gasteiger partial charge in [-0.1, -0.05) is 12.1 Å². The van der Waals surface area contributed by atoms with E-state index in [0.29, 0.717) is 24.1 Å². The first kappa shape index (κ1) is 22.6. The Bertz CT molecular complexity index is 1330. The van der Waals surface area contributed by atoms with Crippen molar-refractivity contribution in [2.45, 2.75) is 12.8 Å². The molecule has 2 aromatic heterocycles. The maximum absolute atomic E-state index is 12.0. The van der Waals surface area contributed by atoms with Crippen molar-refractivity contribution in [2.75, 3.05) is 36.9 Å². The minimum Gasteiger partial charge on any atom is -0.492 e. The summed E-state index contributed by atoms with van der Waals surface area (Å²) in [7, 11) is 1.86. The number of amides is 1. The van der Waals surface area contributed by atoms with Gasteiger partial charge in [-0.15, -0.1) is 0 Å². The second-order valence-electron chi connectivity index (χ2n) is 8.54. The lowest BCUT2D eigenvalue weighted by Gasteiger charge is -2.15. The van der Waals surface area contributed by atoms with E-state index in [9.17, 15) is 4.79 Å². The van der Waals surface area contributed by atoms with Crippen LogP contribution in [0.5, 0.6) is 5.75 Å². The zero-order valence-corrected chi connectivity index (χ0v) is 19.6. The average Bonchev–Trinajstić information content (AvgIpc) is 3.50. The molecule has 1 fully saturated rings. The van der Waals surface area contributed by atoms with Crippen molar-refractivity contribution >= 4 is 40.0 Å². The van der Waals surface area contributed by atoms with Gasteiger partial charge in [0.2, 0.25) is 5.95 Å². The van der Waals surface area contributed by atoms with Crippen LogP contribution in [0.2, 0.25) is 0 Å². The van der Waals surface area contributed by atoms with Gasteiger partial charge < -0.3 is 21.1 Å². The summed E-state index contributed by atoms with van der Waals surface area (Å²) in [6, 6.07) is 13.4. The molecule has 10 heteroatoms. The molecule has 2 aromatic carbocycles. The van der Waals surface area contributed by atoms with Gasteiger partial charge in [0.25, 0.3) is 5.91 Å². The van der Waals surface area contributed by atoms with E-state index in [1.54, 1.807) is 4.68 Å². The number of primary amides is 1. The van der Waals surface area contributed by atoms with E-state index in [1.807, 2.05) is 55.7 Å². The lowest BCUT2D eigenvalue weighted by molar-refractivity contribution is 0.100. The highest BCUT2D eigenvalue weighted by Crippen LogP contribution is 2.27. The molecule has 1 amide bonds. The third-order valence-electron chi connectivity index (χ3n) is 5.94. The maximum Gasteiger partial charge on any atom is 0.254 e. The second kappa shape index (κ2) is 9.98. The third kappa shape index (κ3) is 5.33. The molecular formula is C25H28N8O2. The molecule has 3 heterocycles. The zero-order valence-electron chi connectivity index (χ0n) is 19.6. The van der Waals surface area contributed by atoms with E-state index in [0.717, 1.165) is 42.0 Å². The van der Waals surface area contributed by atoms with Gasteiger partial charge >= 0.3 is 0 Å². The number of fused-ring (bicyclic) bond motifs is 1. The van der Waals surface area contributed by atoms with Crippen molar-refractivity contribution in [3.63, 3.8) is 0 Å². The molecule has 0 aliphatic carbocycles. The Balaban J connectivity index is 1.29. The van der Waals surface area contributed by atoms with E-state index in [4.69, 9.17) is 10.5 Å². The summed E-state index contributed by atoms with van der Waals surface area (Å²) < 4.78 is 7.60. The number of nitrogens with two attached hydrogens (primary N) is 1. The Morgan fingerprint density at radius 3 is 2.69 bits per heavy atom. The standard InChI is InChI=1S/C25H28N8O2/c1-32-16-17-5-4-6-21(22(17)31-32)29-24-20(23(26)34)15-27-25(30-24)28-18-7-9-19(10-8-18)35-14-13-33-11-2-3-12-33/h4-10,15-16H,2-3,11-14H2,1H3,(H2,26,34)(H2,27,28,29,30). The molecule has 0 bridgehead atoms. The van der Waals surface area contributed by atoms with E-state index in [1.165, 1.54) is 19.0 Å². The topological polar surface area (TPSA) is 123 Å². The first-order chi connectivity index (χ1) is 17.0. The smallest absolute Gasteiger partial charge is 0.254 e. The molecule has 4 aromatic rings. The summed E-state index contributed by atoms with van der Waals surface area (Å²) in [5.41, 5.74) is 8.02.